The van der Waals surface area contributed by atoms with E-state index in [-0.39, 0.29) is 17.9 Å². The fourth-order valence-electron chi connectivity index (χ4n) is 1.94. The first-order valence-electron chi connectivity index (χ1n) is 6.90. The van der Waals surface area contributed by atoms with Gasteiger partial charge in [-0.1, -0.05) is 19.4 Å². The summed E-state index contributed by atoms with van der Waals surface area (Å²) < 4.78 is 0. The molecule has 0 aliphatic rings. The number of nitrogens with zero attached hydrogens (tertiary/aromatic N) is 1. The largest absolute Gasteiger partial charge is 0.481 e. The lowest BCUT2D eigenvalue weighted by Crippen LogP contribution is -2.33. The second-order valence-corrected chi connectivity index (χ2v) is 5.18. The predicted octanol–water partition coefficient (Wildman–Crippen LogP) is 2.02. The van der Waals surface area contributed by atoms with E-state index in [0.29, 0.717) is 12.8 Å². The Kier molecular flexibility index (Phi) is 6.70. The molecule has 2 atom stereocenters. The molecule has 0 aliphatic heterocycles. The van der Waals surface area contributed by atoms with E-state index in [9.17, 15) is 9.59 Å². The molecular weight excluding hydrogens is 256 g/mol. The van der Waals surface area contributed by atoms with Gasteiger partial charge in [0.25, 0.3) is 0 Å². The number of pyridine rings is 1. The Bertz CT molecular complexity index is 434. The zero-order valence-corrected chi connectivity index (χ0v) is 12.0. The van der Waals surface area contributed by atoms with Crippen molar-refractivity contribution in [2.24, 2.45) is 5.92 Å². The summed E-state index contributed by atoms with van der Waals surface area (Å²) in [7, 11) is 0. The van der Waals surface area contributed by atoms with Gasteiger partial charge in [0.1, 0.15) is 0 Å². The Morgan fingerprint density at radius 2 is 2.10 bits per heavy atom. The third-order valence-corrected chi connectivity index (χ3v) is 3.19. The summed E-state index contributed by atoms with van der Waals surface area (Å²) in [6, 6.07) is 3.73. The van der Waals surface area contributed by atoms with Crippen LogP contribution in [0.2, 0.25) is 0 Å². The van der Waals surface area contributed by atoms with Gasteiger partial charge in [-0.05, 0) is 31.4 Å². The van der Waals surface area contributed by atoms with Crippen LogP contribution in [0.3, 0.4) is 0 Å². The summed E-state index contributed by atoms with van der Waals surface area (Å²) in [6.07, 6.45) is 5.90. The average molecular weight is 278 g/mol. The van der Waals surface area contributed by atoms with Gasteiger partial charge < -0.3 is 10.4 Å². The van der Waals surface area contributed by atoms with E-state index in [1.54, 1.807) is 25.4 Å². The summed E-state index contributed by atoms with van der Waals surface area (Å²) in [5, 5.41) is 11.7. The number of nitrogens with one attached hydrogen (secondary N) is 1. The fourth-order valence-corrected chi connectivity index (χ4v) is 1.94. The number of aromatic nitrogens is 1. The number of amides is 1. The van der Waals surface area contributed by atoms with Crippen LogP contribution in [0.5, 0.6) is 0 Å². The normalized spacial score (nSPS) is 13.5. The van der Waals surface area contributed by atoms with Gasteiger partial charge >= 0.3 is 5.97 Å². The molecule has 0 aliphatic carbocycles. The molecule has 0 saturated heterocycles. The molecule has 0 aromatic carbocycles. The number of carbonyl (C=O) groups excluding carboxylic acids is 1. The van der Waals surface area contributed by atoms with Crippen LogP contribution in [0.25, 0.3) is 0 Å². The molecule has 1 heterocycles. The van der Waals surface area contributed by atoms with Gasteiger partial charge in [-0.25, -0.2) is 0 Å². The van der Waals surface area contributed by atoms with Crippen molar-refractivity contribution in [3.05, 3.63) is 30.1 Å². The molecular formula is C15H22N2O3. The monoisotopic (exact) mass is 278 g/mol. The number of rotatable bonds is 8. The zero-order chi connectivity index (χ0) is 15.0. The number of carboxylic acids is 1. The minimum absolute atomic E-state index is 0.0308. The lowest BCUT2D eigenvalue weighted by molar-refractivity contribution is -0.141. The van der Waals surface area contributed by atoms with E-state index < -0.39 is 5.97 Å². The minimum Gasteiger partial charge on any atom is -0.481 e. The molecule has 0 saturated carbocycles. The molecule has 0 radical (unpaired) electrons. The molecule has 0 fully saturated rings. The Balaban J connectivity index is 2.23. The standard InChI is InChI=1S/C15H22N2O3/c1-11(15(19)20)5-3-6-12(2)17-14(18)9-13-7-4-8-16-10-13/h4,7-8,10-12H,3,5-6,9H2,1-2H3,(H,17,18)(H,19,20). The molecule has 1 aromatic heterocycles. The molecule has 110 valence electrons. The molecule has 5 nitrogen and oxygen atoms in total. The van der Waals surface area contributed by atoms with Gasteiger partial charge in [0.05, 0.1) is 12.3 Å². The topological polar surface area (TPSA) is 79.3 Å². The van der Waals surface area contributed by atoms with Crippen molar-refractivity contribution in [3.8, 4) is 0 Å². The molecule has 1 amide bonds. The van der Waals surface area contributed by atoms with Crippen LogP contribution < -0.4 is 5.32 Å². The Hall–Kier alpha value is -1.91. The van der Waals surface area contributed by atoms with Crippen molar-refractivity contribution >= 4 is 11.9 Å². The summed E-state index contributed by atoms with van der Waals surface area (Å²) in [4.78, 5) is 26.4. The lowest BCUT2D eigenvalue weighted by atomic mass is 10.0. The van der Waals surface area contributed by atoms with Gasteiger partial charge in [-0.2, -0.15) is 0 Å². The van der Waals surface area contributed by atoms with Crippen LogP contribution >= 0.6 is 0 Å². The number of hydrogen-bond acceptors (Lipinski definition) is 3. The third kappa shape index (κ3) is 6.31. The third-order valence-electron chi connectivity index (χ3n) is 3.19. The van der Waals surface area contributed by atoms with Crippen LogP contribution in [0.4, 0.5) is 0 Å². The van der Waals surface area contributed by atoms with E-state index in [2.05, 4.69) is 10.3 Å². The van der Waals surface area contributed by atoms with E-state index >= 15 is 0 Å². The second kappa shape index (κ2) is 8.30. The number of carboxylic acid groups (broad SMARTS) is 1. The van der Waals surface area contributed by atoms with Crippen molar-refractivity contribution in [2.45, 2.75) is 45.6 Å². The smallest absolute Gasteiger partial charge is 0.306 e. The SMILES string of the molecule is CC(CCCC(C)C(=O)O)NC(=O)Cc1cccnc1. The maximum absolute atomic E-state index is 11.8. The summed E-state index contributed by atoms with van der Waals surface area (Å²) in [5.74, 6) is -1.12. The number of carbonyl (C=O) groups is 2. The van der Waals surface area contributed by atoms with Gasteiger partial charge in [0.15, 0.2) is 0 Å². The van der Waals surface area contributed by atoms with Gasteiger partial charge in [-0.3, -0.25) is 14.6 Å². The van der Waals surface area contributed by atoms with E-state index in [0.717, 1.165) is 18.4 Å². The van der Waals surface area contributed by atoms with Gasteiger partial charge in [0.2, 0.25) is 5.91 Å². The second-order valence-electron chi connectivity index (χ2n) is 5.18. The minimum atomic E-state index is -0.765. The summed E-state index contributed by atoms with van der Waals surface area (Å²) in [5.41, 5.74) is 0.886. The molecule has 0 spiro atoms. The zero-order valence-electron chi connectivity index (χ0n) is 12.0. The Labute approximate surface area is 119 Å². The number of hydrogen-bond donors (Lipinski definition) is 2. The molecule has 20 heavy (non-hydrogen) atoms. The first-order chi connectivity index (χ1) is 9.49. The Morgan fingerprint density at radius 3 is 2.70 bits per heavy atom. The average Bonchev–Trinajstić information content (AvgIpc) is 2.39. The summed E-state index contributed by atoms with van der Waals surface area (Å²) in [6.45, 7) is 3.64. The fraction of sp³-hybridized carbons (Fsp3) is 0.533. The van der Waals surface area contributed by atoms with Crippen molar-refractivity contribution in [1.29, 1.82) is 0 Å². The van der Waals surface area contributed by atoms with Gasteiger partial charge in [-0.15, -0.1) is 0 Å². The van der Waals surface area contributed by atoms with E-state index in [4.69, 9.17) is 5.11 Å². The maximum Gasteiger partial charge on any atom is 0.306 e. The van der Waals surface area contributed by atoms with Gasteiger partial charge in [0, 0.05) is 18.4 Å². The predicted molar refractivity (Wildman–Crippen MR) is 76.2 cm³/mol. The number of aliphatic carboxylic acids is 1. The Morgan fingerprint density at radius 1 is 1.35 bits per heavy atom. The highest BCUT2D eigenvalue weighted by Gasteiger charge is 2.12. The lowest BCUT2D eigenvalue weighted by Gasteiger charge is -2.14. The van der Waals surface area contributed by atoms with Crippen LogP contribution in [0.15, 0.2) is 24.5 Å². The maximum atomic E-state index is 11.8. The van der Waals surface area contributed by atoms with Crippen LogP contribution in [0.1, 0.15) is 38.7 Å². The molecule has 2 N–H and O–H groups in total. The van der Waals surface area contributed by atoms with Crippen molar-refractivity contribution < 1.29 is 14.7 Å². The summed E-state index contributed by atoms with van der Waals surface area (Å²) >= 11 is 0. The van der Waals surface area contributed by atoms with Crippen molar-refractivity contribution in [2.75, 3.05) is 0 Å². The highest BCUT2D eigenvalue weighted by atomic mass is 16.4. The van der Waals surface area contributed by atoms with E-state index in [1.165, 1.54) is 0 Å². The first-order valence-corrected chi connectivity index (χ1v) is 6.90. The highest BCUT2D eigenvalue weighted by Crippen LogP contribution is 2.09. The van der Waals surface area contributed by atoms with Crippen LogP contribution in [0, 0.1) is 5.92 Å². The quantitative estimate of drug-likeness (QED) is 0.762. The van der Waals surface area contributed by atoms with Crippen molar-refractivity contribution in [1.82, 2.24) is 10.3 Å². The van der Waals surface area contributed by atoms with Crippen LogP contribution in [-0.4, -0.2) is 28.0 Å². The van der Waals surface area contributed by atoms with Crippen molar-refractivity contribution in [3.63, 3.8) is 0 Å². The molecule has 5 heteroatoms. The molecule has 0 bridgehead atoms. The molecule has 1 rings (SSSR count). The van der Waals surface area contributed by atoms with Crippen LogP contribution in [-0.2, 0) is 16.0 Å². The highest BCUT2D eigenvalue weighted by molar-refractivity contribution is 5.78. The first kappa shape index (κ1) is 16.1. The van der Waals surface area contributed by atoms with E-state index in [1.807, 2.05) is 13.0 Å². The molecule has 2 unspecified atom stereocenters. The molecule has 1 aromatic rings.